The molecule has 2 rings (SSSR count). The zero-order valence-corrected chi connectivity index (χ0v) is 12.3. The van der Waals surface area contributed by atoms with Crippen LogP contribution in [0.25, 0.3) is 5.69 Å². The van der Waals surface area contributed by atoms with Crippen molar-refractivity contribution in [2.24, 2.45) is 0 Å². The van der Waals surface area contributed by atoms with Crippen LogP contribution in [0.1, 0.15) is 25.3 Å². The second-order valence-corrected chi connectivity index (χ2v) is 4.82. The molecule has 1 aromatic carbocycles. The van der Waals surface area contributed by atoms with Crippen LogP contribution in [0.3, 0.4) is 0 Å². The van der Waals surface area contributed by atoms with E-state index in [1.54, 1.807) is 7.11 Å². The minimum absolute atomic E-state index is 0.840. The summed E-state index contributed by atoms with van der Waals surface area (Å²) in [5.74, 6) is 0.840. The van der Waals surface area contributed by atoms with Gasteiger partial charge in [-0.15, -0.1) is 0 Å². The van der Waals surface area contributed by atoms with Crippen LogP contribution >= 0.6 is 0 Å². The lowest BCUT2D eigenvalue weighted by Gasteiger charge is -2.07. The number of nitrogens with zero attached hydrogens (tertiary/aromatic N) is 2. The molecule has 4 nitrogen and oxygen atoms in total. The van der Waals surface area contributed by atoms with Crippen LogP contribution in [0.4, 0.5) is 0 Å². The number of hydrogen-bond acceptors (Lipinski definition) is 3. The van der Waals surface area contributed by atoms with Gasteiger partial charge in [0.15, 0.2) is 0 Å². The summed E-state index contributed by atoms with van der Waals surface area (Å²) in [7, 11) is 1.68. The molecule has 1 heterocycles. The summed E-state index contributed by atoms with van der Waals surface area (Å²) in [6, 6.07) is 7.92. The summed E-state index contributed by atoms with van der Waals surface area (Å²) >= 11 is 0. The van der Waals surface area contributed by atoms with E-state index in [1.165, 1.54) is 12.0 Å². The van der Waals surface area contributed by atoms with Gasteiger partial charge in [-0.2, -0.15) is 5.10 Å². The van der Waals surface area contributed by atoms with Crippen LogP contribution in [-0.2, 0) is 6.42 Å². The fourth-order valence-corrected chi connectivity index (χ4v) is 2.16. The number of rotatable bonds is 8. The molecule has 0 amide bonds. The SMILES string of the molecule is CCCNCCCc1cnn(-c2ccccc2OC)c1. The maximum absolute atomic E-state index is 5.36. The molecule has 0 aliphatic carbocycles. The van der Waals surface area contributed by atoms with Gasteiger partial charge < -0.3 is 10.1 Å². The average molecular weight is 273 g/mol. The predicted molar refractivity (Wildman–Crippen MR) is 81.6 cm³/mol. The van der Waals surface area contributed by atoms with Gasteiger partial charge in [0.25, 0.3) is 0 Å². The van der Waals surface area contributed by atoms with E-state index in [2.05, 4.69) is 23.5 Å². The smallest absolute Gasteiger partial charge is 0.144 e. The number of aryl methyl sites for hydroxylation is 1. The number of ether oxygens (including phenoxy) is 1. The number of hydrogen-bond donors (Lipinski definition) is 1. The molecule has 0 saturated heterocycles. The van der Waals surface area contributed by atoms with Crippen LogP contribution in [-0.4, -0.2) is 30.0 Å². The molecule has 0 spiro atoms. The van der Waals surface area contributed by atoms with E-state index in [9.17, 15) is 0 Å². The third kappa shape index (κ3) is 3.84. The molecule has 1 N–H and O–H groups in total. The van der Waals surface area contributed by atoms with Crippen LogP contribution in [0.15, 0.2) is 36.7 Å². The molecule has 20 heavy (non-hydrogen) atoms. The molecule has 0 bridgehead atoms. The van der Waals surface area contributed by atoms with Gasteiger partial charge in [0.05, 0.1) is 13.3 Å². The highest BCUT2D eigenvalue weighted by Crippen LogP contribution is 2.21. The number of para-hydroxylation sites is 2. The molecule has 0 radical (unpaired) electrons. The average Bonchev–Trinajstić information content (AvgIpc) is 2.95. The Labute approximate surface area is 120 Å². The molecule has 0 atom stereocenters. The van der Waals surface area contributed by atoms with Gasteiger partial charge >= 0.3 is 0 Å². The Morgan fingerprint density at radius 1 is 1.25 bits per heavy atom. The lowest BCUT2D eigenvalue weighted by atomic mass is 10.2. The van der Waals surface area contributed by atoms with E-state index in [-0.39, 0.29) is 0 Å². The van der Waals surface area contributed by atoms with Crippen molar-refractivity contribution in [2.45, 2.75) is 26.2 Å². The Morgan fingerprint density at radius 2 is 2.10 bits per heavy atom. The van der Waals surface area contributed by atoms with Crippen molar-refractivity contribution in [3.63, 3.8) is 0 Å². The minimum Gasteiger partial charge on any atom is -0.494 e. The Bertz CT molecular complexity index is 522. The van der Waals surface area contributed by atoms with Gasteiger partial charge in [-0.25, -0.2) is 4.68 Å². The molecule has 0 aliphatic rings. The van der Waals surface area contributed by atoms with Gasteiger partial charge in [0.1, 0.15) is 11.4 Å². The molecule has 4 heteroatoms. The zero-order valence-electron chi connectivity index (χ0n) is 12.3. The van der Waals surface area contributed by atoms with Crippen LogP contribution in [0.5, 0.6) is 5.75 Å². The Kier molecular flexibility index (Phi) is 5.62. The van der Waals surface area contributed by atoms with Crippen molar-refractivity contribution >= 4 is 0 Å². The van der Waals surface area contributed by atoms with Crippen LogP contribution in [0.2, 0.25) is 0 Å². The van der Waals surface area contributed by atoms with E-state index < -0.39 is 0 Å². The monoisotopic (exact) mass is 273 g/mol. The fraction of sp³-hybridized carbons (Fsp3) is 0.438. The van der Waals surface area contributed by atoms with E-state index in [1.807, 2.05) is 35.1 Å². The highest BCUT2D eigenvalue weighted by Gasteiger charge is 2.06. The van der Waals surface area contributed by atoms with Crippen molar-refractivity contribution < 1.29 is 4.74 Å². The van der Waals surface area contributed by atoms with Gasteiger partial charge in [-0.3, -0.25) is 0 Å². The number of aromatic nitrogens is 2. The van der Waals surface area contributed by atoms with Crippen molar-refractivity contribution in [3.05, 3.63) is 42.2 Å². The molecule has 0 saturated carbocycles. The first-order valence-electron chi connectivity index (χ1n) is 7.22. The molecule has 0 aliphatic heterocycles. The second-order valence-electron chi connectivity index (χ2n) is 4.82. The van der Waals surface area contributed by atoms with E-state index in [0.29, 0.717) is 0 Å². The Morgan fingerprint density at radius 3 is 2.90 bits per heavy atom. The third-order valence-electron chi connectivity index (χ3n) is 3.21. The first kappa shape index (κ1) is 14.6. The number of nitrogens with one attached hydrogen (secondary N) is 1. The summed E-state index contributed by atoms with van der Waals surface area (Å²) in [6.45, 7) is 4.35. The minimum atomic E-state index is 0.840. The largest absolute Gasteiger partial charge is 0.494 e. The summed E-state index contributed by atoms with van der Waals surface area (Å²) in [4.78, 5) is 0. The number of methoxy groups -OCH3 is 1. The molecule has 0 unspecified atom stereocenters. The van der Waals surface area contributed by atoms with Crippen molar-refractivity contribution in [2.75, 3.05) is 20.2 Å². The highest BCUT2D eigenvalue weighted by atomic mass is 16.5. The zero-order chi connectivity index (χ0) is 14.2. The molecule has 1 aromatic heterocycles. The van der Waals surface area contributed by atoms with Gasteiger partial charge in [-0.1, -0.05) is 19.1 Å². The van der Waals surface area contributed by atoms with Crippen LogP contribution in [0, 0.1) is 0 Å². The summed E-state index contributed by atoms with van der Waals surface area (Å²) in [5, 5.41) is 7.84. The summed E-state index contributed by atoms with van der Waals surface area (Å²) < 4.78 is 7.25. The lowest BCUT2D eigenvalue weighted by molar-refractivity contribution is 0.411. The predicted octanol–water partition coefficient (Wildman–Crippen LogP) is 2.81. The van der Waals surface area contributed by atoms with Crippen molar-refractivity contribution in [1.29, 1.82) is 0 Å². The van der Waals surface area contributed by atoms with Gasteiger partial charge in [-0.05, 0) is 50.0 Å². The lowest BCUT2D eigenvalue weighted by Crippen LogP contribution is -2.16. The Hall–Kier alpha value is -1.81. The first-order valence-corrected chi connectivity index (χ1v) is 7.22. The fourth-order valence-electron chi connectivity index (χ4n) is 2.16. The first-order chi connectivity index (χ1) is 9.85. The third-order valence-corrected chi connectivity index (χ3v) is 3.21. The molecular weight excluding hydrogens is 250 g/mol. The second kappa shape index (κ2) is 7.70. The number of benzene rings is 1. The summed E-state index contributed by atoms with van der Waals surface area (Å²) in [5.41, 5.74) is 2.24. The van der Waals surface area contributed by atoms with Crippen molar-refractivity contribution in [3.8, 4) is 11.4 Å². The Balaban J connectivity index is 1.95. The maximum Gasteiger partial charge on any atom is 0.144 e. The van der Waals surface area contributed by atoms with E-state index in [4.69, 9.17) is 4.74 Å². The molecule has 108 valence electrons. The normalized spacial score (nSPS) is 10.7. The topological polar surface area (TPSA) is 39.1 Å². The quantitative estimate of drug-likeness (QED) is 0.752. The highest BCUT2D eigenvalue weighted by molar-refractivity contribution is 5.46. The molecule has 2 aromatic rings. The molecular formula is C16H23N3O. The van der Waals surface area contributed by atoms with Crippen molar-refractivity contribution in [1.82, 2.24) is 15.1 Å². The van der Waals surface area contributed by atoms with Gasteiger partial charge in [0, 0.05) is 6.20 Å². The molecule has 0 fully saturated rings. The standard InChI is InChI=1S/C16H23N3O/c1-3-10-17-11-6-7-14-12-18-19(13-14)15-8-4-5-9-16(15)20-2/h4-5,8-9,12-13,17H,3,6-7,10-11H2,1-2H3. The summed E-state index contributed by atoms with van der Waals surface area (Å²) in [6.07, 6.45) is 7.39. The van der Waals surface area contributed by atoms with E-state index >= 15 is 0 Å². The van der Waals surface area contributed by atoms with Gasteiger partial charge in [0.2, 0.25) is 0 Å². The maximum atomic E-state index is 5.36. The van der Waals surface area contributed by atoms with E-state index in [0.717, 1.165) is 37.4 Å². The van der Waals surface area contributed by atoms with Crippen LogP contribution < -0.4 is 10.1 Å².